The van der Waals surface area contributed by atoms with Crippen molar-refractivity contribution in [3.8, 4) is 11.5 Å². The van der Waals surface area contributed by atoms with Gasteiger partial charge in [0, 0.05) is 52.9 Å². The molecule has 2 aliphatic rings. The van der Waals surface area contributed by atoms with Crippen molar-refractivity contribution in [2.45, 2.75) is 78.2 Å². The molecule has 0 bridgehead atoms. The normalized spacial score (nSPS) is 16.1. The summed E-state index contributed by atoms with van der Waals surface area (Å²) in [5.74, 6) is 1.14. The summed E-state index contributed by atoms with van der Waals surface area (Å²) in [5.41, 5.74) is 7.37. The predicted molar refractivity (Wildman–Crippen MR) is 180 cm³/mol. The van der Waals surface area contributed by atoms with Gasteiger partial charge in [-0.15, -0.1) is 0 Å². The average molecular weight is 589 g/mol. The lowest BCUT2D eigenvalue weighted by Crippen LogP contribution is -2.33. The van der Waals surface area contributed by atoms with Crippen LogP contribution in [0.1, 0.15) is 97.0 Å². The van der Waals surface area contributed by atoms with Crippen molar-refractivity contribution < 1.29 is 14.3 Å². The van der Waals surface area contributed by atoms with Crippen LogP contribution in [0.3, 0.4) is 0 Å². The number of hydrogen-bond acceptors (Lipinski definition) is 5. The highest BCUT2D eigenvalue weighted by Crippen LogP contribution is 2.57. The lowest BCUT2D eigenvalue weighted by Gasteiger charge is -2.38. The summed E-state index contributed by atoms with van der Waals surface area (Å²) in [7, 11) is 0. The molecular weight excluding hydrogens is 544 g/mol. The van der Waals surface area contributed by atoms with Crippen molar-refractivity contribution >= 4 is 23.0 Å². The maximum atomic E-state index is 13.4. The Labute approximate surface area is 262 Å². The SMILES string of the molecule is CCCCCCCCN(CCC)c1ccc2c(c1)Oc1cc(C)c(Nc3cccc(C)c3)cc1C21OC(=O)c2ccccc21. The molecule has 4 aromatic carbocycles. The summed E-state index contributed by atoms with van der Waals surface area (Å²) >= 11 is 0. The van der Waals surface area contributed by atoms with E-state index < -0.39 is 5.60 Å². The van der Waals surface area contributed by atoms with Crippen molar-refractivity contribution in [2.75, 3.05) is 23.3 Å². The third-order valence-corrected chi connectivity index (χ3v) is 8.98. The van der Waals surface area contributed by atoms with Gasteiger partial charge in [0.15, 0.2) is 5.60 Å². The highest BCUT2D eigenvalue weighted by molar-refractivity contribution is 5.97. The van der Waals surface area contributed by atoms with E-state index in [2.05, 4.69) is 86.4 Å². The van der Waals surface area contributed by atoms with Gasteiger partial charge in [0.25, 0.3) is 0 Å². The topological polar surface area (TPSA) is 50.8 Å². The number of aryl methyl sites for hydroxylation is 2. The van der Waals surface area contributed by atoms with Crippen molar-refractivity contribution in [3.05, 3.63) is 112 Å². The van der Waals surface area contributed by atoms with Crippen LogP contribution < -0.4 is 15.0 Å². The molecule has 0 radical (unpaired) electrons. The fraction of sp³-hybridized carbons (Fsp3) is 0.359. The van der Waals surface area contributed by atoms with Gasteiger partial charge in [-0.3, -0.25) is 0 Å². The van der Waals surface area contributed by atoms with Gasteiger partial charge < -0.3 is 19.7 Å². The van der Waals surface area contributed by atoms with Crippen LogP contribution in [0, 0.1) is 13.8 Å². The summed E-state index contributed by atoms with van der Waals surface area (Å²) in [6.07, 6.45) is 8.71. The van der Waals surface area contributed by atoms with Crippen molar-refractivity contribution in [2.24, 2.45) is 0 Å². The molecule has 44 heavy (non-hydrogen) atoms. The molecule has 0 aromatic heterocycles. The van der Waals surface area contributed by atoms with E-state index in [1.807, 2.05) is 30.3 Å². The van der Waals surface area contributed by atoms with Crippen molar-refractivity contribution in [1.82, 2.24) is 0 Å². The molecule has 2 heterocycles. The van der Waals surface area contributed by atoms with E-state index in [0.29, 0.717) is 11.3 Å². The smallest absolute Gasteiger partial charge is 0.340 e. The van der Waals surface area contributed by atoms with E-state index in [0.717, 1.165) is 64.6 Å². The molecule has 1 spiro atoms. The molecule has 5 heteroatoms. The zero-order valence-corrected chi connectivity index (χ0v) is 26.5. The number of ether oxygens (including phenoxy) is 2. The first-order valence-electron chi connectivity index (χ1n) is 16.3. The van der Waals surface area contributed by atoms with E-state index >= 15 is 0 Å². The minimum atomic E-state index is -1.10. The molecule has 1 unspecified atom stereocenters. The number of esters is 1. The Morgan fingerprint density at radius 1 is 0.727 bits per heavy atom. The molecule has 5 nitrogen and oxygen atoms in total. The Balaban J connectivity index is 1.41. The number of nitrogens with one attached hydrogen (secondary N) is 1. The number of benzene rings is 4. The number of fused-ring (bicyclic) bond motifs is 6. The Bertz CT molecular complexity index is 1660. The average Bonchev–Trinajstić information content (AvgIpc) is 3.31. The van der Waals surface area contributed by atoms with Crippen LogP contribution in [0.4, 0.5) is 17.1 Å². The van der Waals surface area contributed by atoms with Gasteiger partial charge in [0.2, 0.25) is 0 Å². The zero-order chi connectivity index (χ0) is 30.7. The van der Waals surface area contributed by atoms with Gasteiger partial charge in [-0.1, -0.05) is 76.3 Å². The van der Waals surface area contributed by atoms with Crippen LogP contribution in [0.2, 0.25) is 0 Å². The van der Waals surface area contributed by atoms with Crippen molar-refractivity contribution in [1.29, 1.82) is 0 Å². The van der Waals surface area contributed by atoms with Crippen LogP contribution in [0.5, 0.6) is 11.5 Å². The maximum Gasteiger partial charge on any atom is 0.340 e. The number of hydrogen-bond donors (Lipinski definition) is 1. The molecule has 4 aromatic rings. The van der Waals surface area contributed by atoms with Gasteiger partial charge in [-0.2, -0.15) is 0 Å². The van der Waals surface area contributed by atoms with Crippen LogP contribution in [0.25, 0.3) is 0 Å². The van der Waals surface area contributed by atoms with E-state index in [9.17, 15) is 4.79 Å². The predicted octanol–water partition coefficient (Wildman–Crippen LogP) is 10.2. The molecule has 6 rings (SSSR count). The van der Waals surface area contributed by atoms with E-state index in [1.165, 1.54) is 44.1 Å². The van der Waals surface area contributed by atoms with Gasteiger partial charge >= 0.3 is 5.97 Å². The van der Waals surface area contributed by atoms with Gasteiger partial charge in [-0.05, 0) is 80.3 Å². The number of rotatable bonds is 12. The number of unbranched alkanes of at least 4 members (excludes halogenated alkanes) is 5. The second-order valence-corrected chi connectivity index (χ2v) is 12.3. The Kier molecular flexibility index (Phi) is 8.65. The summed E-state index contributed by atoms with van der Waals surface area (Å²) in [6.45, 7) is 10.7. The quantitative estimate of drug-likeness (QED) is 0.132. The molecule has 228 valence electrons. The van der Waals surface area contributed by atoms with E-state index in [1.54, 1.807) is 0 Å². The van der Waals surface area contributed by atoms with Crippen LogP contribution >= 0.6 is 0 Å². The number of carbonyl (C=O) groups excluding carboxylic acids is 1. The van der Waals surface area contributed by atoms with Gasteiger partial charge in [0.1, 0.15) is 11.5 Å². The first kappa shape index (κ1) is 29.8. The minimum Gasteiger partial charge on any atom is -0.456 e. The maximum absolute atomic E-state index is 13.4. The molecule has 0 saturated heterocycles. The first-order valence-corrected chi connectivity index (χ1v) is 16.3. The Hall–Kier alpha value is -4.25. The third kappa shape index (κ3) is 5.56. The number of carbonyl (C=O) groups is 1. The lowest BCUT2D eigenvalue weighted by atomic mass is 9.77. The molecule has 0 fully saturated rings. The monoisotopic (exact) mass is 588 g/mol. The largest absolute Gasteiger partial charge is 0.456 e. The molecular formula is C39H44N2O3. The molecule has 0 amide bonds. The molecule has 0 aliphatic carbocycles. The number of anilines is 3. The highest BCUT2D eigenvalue weighted by Gasteiger charge is 2.53. The molecule has 1 atom stereocenters. The molecule has 1 N–H and O–H groups in total. The summed E-state index contributed by atoms with van der Waals surface area (Å²) in [5, 5.41) is 3.60. The first-order chi connectivity index (χ1) is 21.4. The number of nitrogens with zero attached hydrogens (tertiary/aromatic N) is 1. The van der Waals surface area contributed by atoms with Gasteiger partial charge in [-0.25, -0.2) is 4.79 Å². The highest BCUT2D eigenvalue weighted by atomic mass is 16.6. The van der Waals surface area contributed by atoms with Gasteiger partial charge in [0.05, 0.1) is 5.56 Å². The summed E-state index contributed by atoms with van der Waals surface area (Å²) in [4.78, 5) is 15.9. The zero-order valence-electron chi connectivity index (χ0n) is 26.5. The van der Waals surface area contributed by atoms with Crippen LogP contribution in [0.15, 0.2) is 78.9 Å². The summed E-state index contributed by atoms with van der Waals surface area (Å²) < 4.78 is 13.2. The fourth-order valence-corrected chi connectivity index (χ4v) is 6.74. The second-order valence-electron chi connectivity index (χ2n) is 12.3. The van der Waals surface area contributed by atoms with Crippen LogP contribution in [-0.4, -0.2) is 19.1 Å². The minimum absolute atomic E-state index is 0.312. The molecule has 2 aliphatic heterocycles. The molecule has 0 saturated carbocycles. The third-order valence-electron chi connectivity index (χ3n) is 8.98. The van der Waals surface area contributed by atoms with Crippen LogP contribution in [-0.2, 0) is 10.3 Å². The Morgan fingerprint density at radius 3 is 2.34 bits per heavy atom. The fourth-order valence-electron chi connectivity index (χ4n) is 6.74. The lowest BCUT2D eigenvalue weighted by molar-refractivity contribution is 0.0224. The Morgan fingerprint density at radius 2 is 1.52 bits per heavy atom. The standard InChI is InChI=1S/C39H44N2O3/c1-5-7-8-9-10-13-22-41(21-6-2)30-19-20-33-37(25-30)43-36-24-28(4)35(40-29-16-14-15-27(3)23-29)26-34(36)39(33)32-18-12-11-17-31(32)38(42)44-39/h11-12,14-20,23-26,40H,5-10,13,21-22H2,1-4H3. The second kappa shape index (κ2) is 12.8. The van der Waals surface area contributed by atoms with E-state index in [-0.39, 0.29) is 5.97 Å². The van der Waals surface area contributed by atoms with E-state index in [4.69, 9.17) is 9.47 Å². The van der Waals surface area contributed by atoms with Crippen molar-refractivity contribution in [3.63, 3.8) is 0 Å². The summed E-state index contributed by atoms with van der Waals surface area (Å²) in [6, 6.07) is 26.7.